The average molecular weight is 250 g/mol. The lowest BCUT2D eigenvalue weighted by molar-refractivity contribution is 0.0721. The zero-order chi connectivity index (χ0) is 13.6. The van der Waals surface area contributed by atoms with Crippen molar-refractivity contribution in [2.75, 3.05) is 6.61 Å². The Hall–Kier alpha value is -0.640. The Morgan fingerprint density at radius 1 is 1.50 bits per heavy atom. The number of rotatable bonds is 2. The van der Waals surface area contributed by atoms with Gasteiger partial charge in [-0.15, -0.1) is 0 Å². The van der Waals surface area contributed by atoms with E-state index in [2.05, 4.69) is 26.5 Å². The molecule has 5 N–H and O–H groups in total. The molecule has 2 aliphatic rings. The van der Waals surface area contributed by atoms with Crippen molar-refractivity contribution in [2.45, 2.75) is 50.6 Å². The highest BCUT2D eigenvalue weighted by Gasteiger charge is 2.54. The summed E-state index contributed by atoms with van der Waals surface area (Å²) in [6.45, 7) is 8.29. The standard InChI is InChI=1S/C15H26N2O/c1-10-4-6-14(16)11(2)5-7-15(17,12(3)9-18)13(14)8-10/h8,11,13,18H,3-7,9,16-17H2,1-2H3/t11-,13+,14-,15?/m1/s1. The number of hydrogen-bond donors (Lipinski definition) is 3. The molecular formula is C15H26N2O. The Morgan fingerprint density at radius 2 is 2.17 bits per heavy atom. The van der Waals surface area contributed by atoms with Gasteiger partial charge in [-0.05, 0) is 44.1 Å². The average Bonchev–Trinajstić information content (AvgIpc) is 2.36. The van der Waals surface area contributed by atoms with Crippen LogP contribution in [0.4, 0.5) is 0 Å². The van der Waals surface area contributed by atoms with Crippen LogP contribution in [0.3, 0.4) is 0 Å². The monoisotopic (exact) mass is 250 g/mol. The summed E-state index contributed by atoms with van der Waals surface area (Å²) in [6.07, 6.45) is 6.15. The molecule has 0 heterocycles. The van der Waals surface area contributed by atoms with Crippen molar-refractivity contribution < 1.29 is 5.11 Å². The van der Waals surface area contributed by atoms with Crippen LogP contribution in [0, 0.1) is 11.8 Å². The highest BCUT2D eigenvalue weighted by atomic mass is 16.3. The first-order valence-electron chi connectivity index (χ1n) is 6.88. The molecule has 1 saturated carbocycles. The van der Waals surface area contributed by atoms with Crippen molar-refractivity contribution in [3.8, 4) is 0 Å². The molecule has 0 bridgehead atoms. The SMILES string of the molecule is C=C(CO)C1(N)CC[C@@H](C)[C@]2(N)CCC(C)=C[C@H]12. The molecule has 1 unspecified atom stereocenters. The van der Waals surface area contributed by atoms with E-state index in [0.29, 0.717) is 5.92 Å². The van der Waals surface area contributed by atoms with E-state index < -0.39 is 5.54 Å². The minimum absolute atomic E-state index is 0.0512. The van der Waals surface area contributed by atoms with Gasteiger partial charge in [-0.25, -0.2) is 0 Å². The molecule has 102 valence electrons. The number of fused-ring (bicyclic) bond motifs is 1. The van der Waals surface area contributed by atoms with Crippen LogP contribution >= 0.6 is 0 Å². The minimum atomic E-state index is -0.544. The second kappa shape index (κ2) is 4.48. The van der Waals surface area contributed by atoms with Gasteiger partial charge in [0.2, 0.25) is 0 Å². The first-order chi connectivity index (χ1) is 8.34. The summed E-state index contributed by atoms with van der Waals surface area (Å²) in [5, 5.41) is 9.42. The summed E-state index contributed by atoms with van der Waals surface area (Å²) >= 11 is 0. The zero-order valence-corrected chi connectivity index (χ0v) is 11.6. The summed E-state index contributed by atoms with van der Waals surface area (Å²) in [5.41, 5.74) is 14.6. The van der Waals surface area contributed by atoms with Gasteiger partial charge in [0.15, 0.2) is 0 Å². The minimum Gasteiger partial charge on any atom is -0.392 e. The zero-order valence-electron chi connectivity index (χ0n) is 11.6. The first-order valence-corrected chi connectivity index (χ1v) is 6.88. The lowest BCUT2D eigenvalue weighted by Crippen LogP contribution is -2.68. The van der Waals surface area contributed by atoms with Gasteiger partial charge in [0.25, 0.3) is 0 Å². The topological polar surface area (TPSA) is 72.3 Å². The van der Waals surface area contributed by atoms with Gasteiger partial charge >= 0.3 is 0 Å². The summed E-state index contributed by atoms with van der Waals surface area (Å²) in [7, 11) is 0. The van der Waals surface area contributed by atoms with Crippen LogP contribution in [0.25, 0.3) is 0 Å². The van der Waals surface area contributed by atoms with Crippen molar-refractivity contribution in [2.24, 2.45) is 23.3 Å². The Morgan fingerprint density at radius 3 is 2.78 bits per heavy atom. The smallest absolute Gasteiger partial charge is 0.0657 e. The van der Waals surface area contributed by atoms with Crippen LogP contribution < -0.4 is 11.5 Å². The molecule has 0 amide bonds. The fourth-order valence-electron chi connectivity index (χ4n) is 3.70. The van der Waals surface area contributed by atoms with E-state index in [9.17, 15) is 5.11 Å². The fraction of sp³-hybridized carbons (Fsp3) is 0.733. The van der Waals surface area contributed by atoms with Crippen molar-refractivity contribution in [1.82, 2.24) is 0 Å². The van der Waals surface area contributed by atoms with Crippen LogP contribution in [0.15, 0.2) is 23.8 Å². The van der Waals surface area contributed by atoms with E-state index in [1.807, 2.05) is 0 Å². The molecule has 0 aromatic carbocycles. The molecule has 0 aromatic heterocycles. The van der Waals surface area contributed by atoms with E-state index in [0.717, 1.165) is 31.3 Å². The predicted octanol–water partition coefficient (Wildman–Crippen LogP) is 1.72. The molecule has 3 nitrogen and oxygen atoms in total. The third kappa shape index (κ3) is 1.85. The number of aliphatic hydroxyl groups excluding tert-OH is 1. The lowest BCUT2D eigenvalue weighted by atomic mass is 9.54. The number of nitrogens with two attached hydrogens (primary N) is 2. The van der Waals surface area contributed by atoms with Gasteiger partial charge in [-0.2, -0.15) is 0 Å². The molecule has 1 fully saturated rings. The van der Waals surface area contributed by atoms with E-state index in [4.69, 9.17) is 11.5 Å². The van der Waals surface area contributed by atoms with E-state index in [-0.39, 0.29) is 18.1 Å². The Bertz CT molecular complexity index is 390. The van der Waals surface area contributed by atoms with Gasteiger partial charge in [0.1, 0.15) is 0 Å². The Labute approximate surface area is 110 Å². The molecule has 3 heteroatoms. The molecule has 0 aromatic rings. The maximum Gasteiger partial charge on any atom is 0.0657 e. The van der Waals surface area contributed by atoms with Gasteiger partial charge in [-0.1, -0.05) is 25.2 Å². The Balaban J connectivity index is 2.45. The summed E-state index contributed by atoms with van der Waals surface area (Å²) in [4.78, 5) is 0. The van der Waals surface area contributed by atoms with E-state index in [1.165, 1.54) is 5.57 Å². The summed E-state index contributed by atoms with van der Waals surface area (Å²) in [6, 6.07) is 0. The molecular weight excluding hydrogens is 224 g/mol. The second-order valence-corrected chi connectivity index (χ2v) is 6.34. The van der Waals surface area contributed by atoms with Crippen LogP contribution in [-0.2, 0) is 0 Å². The van der Waals surface area contributed by atoms with Gasteiger partial charge in [0, 0.05) is 17.0 Å². The lowest BCUT2D eigenvalue weighted by Gasteiger charge is -2.56. The van der Waals surface area contributed by atoms with Crippen molar-refractivity contribution in [1.29, 1.82) is 0 Å². The van der Waals surface area contributed by atoms with Crippen LogP contribution in [0.5, 0.6) is 0 Å². The maximum absolute atomic E-state index is 9.42. The molecule has 4 atom stereocenters. The van der Waals surface area contributed by atoms with Gasteiger partial charge in [0.05, 0.1) is 6.61 Å². The van der Waals surface area contributed by atoms with Crippen molar-refractivity contribution in [3.05, 3.63) is 23.8 Å². The number of allylic oxidation sites excluding steroid dienone is 1. The molecule has 0 radical (unpaired) electrons. The van der Waals surface area contributed by atoms with Gasteiger partial charge in [-0.3, -0.25) is 0 Å². The highest BCUT2D eigenvalue weighted by molar-refractivity contribution is 5.32. The normalized spacial score (nSPS) is 44.2. The third-order valence-electron chi connectivity index (χ3n) is 5.30. The molecule has 0 spiro atoms. The Kier molecular flexibility index (Phi) is 3.43. The van der Waals surface area contributed by atoms with Crippen LogP contribution in [-0.4, -0.2) is 22.8 Å². The predicted molar refractivity (Wildman–Crippen MR) is 74.9 cm³/mol. The van der Waals surface area contributed by atoms with Crippen LogP contribution in [0.1, 0.15) is 39.5 Å². The quantitative estimate of drug-likeness (QED) is 0.653. The molecule has 0 aliphatic heterocycles. The van der Waals surface area contributed by atoms with Gasteiger partial charge < -0.3 is 16.6 Å². The fourth-order valence-corrected chi connectivity index (χ4v) is 3.70. The number of hydrogen-bond acceptors (Lipinski definition) is 3. The first kappa shape index (κ1) is 13.8. The second-order valence-electron chi connectivity index (χ2n) is 6.34. The molecule has 2 aliphatic carbocycles. The summed E-state index contributed by atoms with van der Waals surface area (Å²) < 4.78 is 0. The number of aliphatic hydroxyl groups is 1. The molecule has 2 rings (SSSR count). The van der Waals surface area contributed by atoms with E-state index >= 15 is 0 Å². The molecule has 18 heavy (non-hydrogen) atoms. The largest absolute Gasteiger partial charge is 0.392 e. The molecule has 0 saturated heterocycles. The summed E-state index contributed by atoms with van der Waals surface area (Å²) in [5.74, 6) is 0.567. The highest BCUT2D eigenvalue weighted by Crippen LogP contribution is 2.49. The maximum atomic E-state index is 9.42. The van der Waals surface area contributed by atoms with Crippen LogP contribution in [0.2, 0.25) is 0 Å². The third-order valence-corrected chi connectivity index (χ3v) is 5.30. The van der Waals surface area contributed by atoms with E-state index in [1.54, 1.807) is 0 Å². The van der Waals surface area contributed by atoms with Crippen molar-refractivity contribution in [3.63, 3.8) is 0 Å². The van der Waals surface area contributed by atoms with Crippen molar-refractivity contribution >= 4 is 0 Å².